The van der Waals surface area contributed by atoms with Crippen molar-refractivity contribution in [2.45, 2.75) is 6.54 Å². The molecule has 0 atom stereocenters. The van der Waals surface area contributed by atoms with E-state index in [1.807, 2.05) is 108 Å². The fourth-order valence-corrected chi connectivity index (χ4v) is 4.78. The van der Waals surface area contributed by atoms with E-state index in [4.69, 9.17) is 33.2 Å². The maximum atomic E-state index is 6.50. The minimum absolute atomic E-state index is 0.359. The molecule has 0 radical (unpaired) electrons. The van der Waals surface area contributed by atoms with Crippen molar-refractivity contribution in [3.63, 3.8) is 0 Å². The number of fused-ring (bicyclic) bond motifs is 1. The summed E-state index contributed by atoms with van der Waals surface area (Å²) in [6.07, 6.45) is 0. The van der Waals surface area contributed by atoms with Gasteiger partial charge >= 0.3 is 0 Å². The van der Waals surface area contributed by atoms with Crippen LogP contribution in [0.2, 0.25) is 10.0 Å². The highest BCUT2D eigenvalue weighted by Crippen LogP contribution is 2.36. The second kappa shape index (κ2) is 9.53. The van der Waals surface area contributed by atoms with E-state index in [9.17, 15) is 0 Å². The molecular weight excluding hydrogens is 489 g/mol. The van der Waals surface area contributed by atoms with Crippen molar-refractivity contribution < 1.29 is 0 Å². The zero-order chi connectivity index (χ0) is 24.5. The smallest absolute Gasteiger partial charge is 0.141 e. The van der Waals surface area contributed by atoms with Crippen molar-refractivity contribution in [3.8, 4) is 33.9 Å². The van der Waals surface area contributed by atoms with Crippen LogP contribution in [0.3, 0.4) is 0 Å². The van der Waals surface area contributed by atoms with Gasteiger partial charge in [-0.3, -0.25) is 0 Å². The summed E-state index contributed by atoms with van der Waals surface area (Å²) in [6.45, 7) is 0.359. The van der Waals surface area contributed by atoms with E-state index < -0.39 is 0 Å². The molecule has 5 nitrogen and oxygen atoms in total. The zero-order valence-corrected chi connectivity index (χ0v) is 20.5. The Kier molecular flexibility index (Phi) is 5.93. The number of aromatic nitrogens is 5. The van der Waals surface area contributed by atoms with Gasteiger partial charge in [0.1, 0.15) is 11.4 Å². The number of hydrogen-bond acceptors (Lipinski definition) is 4. The molecule has 0 N–H and O–H groups in total. The number of rotatable bonds is 5. The van der Waals surface area contributed by atoms with Crippen LogP contribution in [0.25, 0.3) is 44.9 Å². The van der Waals surface area contributed by atoms with Gasteiger partial charge in [-0.25, -0.2) is 14.6 Å². The summed E-state index contributed by atoms with van der Waals surface area (Å²) in [7, 11) is 0. The van der Waals surface area contributed by atoms with Gasteiger partial charge in [-0.1, -0.05) is 107 Å². The Labute approximate surface area is 218 Å². The SMILES string of the molecule is Clc1cccc(Cl)c1Cn1nnc(-c2nc3ccccc3nc2-c2ccccc2)c1-c1ccccc1. The molecule has 0 unspecified atom stereocenters. The van der Waals surface area contributed by atoms with Crippen LogP contribution >= 0.6 is 23.2 Å². The highest BCUT2D eigenvalue weighted by Gasteiger charge is 2.23. The summed E-state index contributed by atoms with van der Waals surface area (Å²) >= 11 is 13.0. The van der Waals surface area contributed by atoms with Crippen LogP contribution in [0.4, 0.5) is 0 Å². The maximum absolute atomic E-state index is 6.50. The van der Waals surface area contributed by atoms with Gasteiger partial charge in [-0.05, 0) is 24.3 Å². The van der Waals surface area contributed by atoms with Crippen molar-refractivity contribution >= 4 is 34.2 Å². The van der Waals surface area contributed by atoms with Crippen LogP contribution in [0.15, 0.2) is 103 Å². The Morgan fingerprint density at radius 1 is 0.556 bits per heavy atom. The predicted octanol–water partition coefficient (Wildman–Crippen LogP) is 7.58. The molecule has 4 aromatic carbocycles. The highest BCUT2D eigenvalue weighted by atomic mass is 35.5. The van der Waals surface area contributed by atoms with Crippen molar-refractivity contribution in [2.75, 3.05) is 0 Å². The topological polar surface area (TPSA) is 56.5 Å². The number of halogens is 2. The molecule has 0 saturated heterocycles. The first kappa shape index (κ1) is 22.4. The summed E-state index contributed by atoms with van der Waals surface area (Å²) < 4.78 is 1.82. The molecule has 0 aliphatic rings. The highest BCUT2D eigenvalue weighted by molar-refractivity contribution is 6.36. The average Bonchev–Trinajstić information content (AvgIpc) is 3.34. The van der Waals surface area contributed by atoms with Crippen LogP contribution < -0.4 is 0 Å². The minimum atomic E-state index is 0.359. The molecule has 0 amide bonds. The maximum Gasteiger partial charge on any atom is 0.141 e. The van der Waals surface area contributed by atoms with Gasteiger partial charge in [0.05, 0.1) is 29.0 Å². The predicted molar refractivity (Wildman–Crippen MR) is 145 cm³/mol. The Bertz CT molecular complexity index is 1660. The molecule has 0 aliphatic heterocycles. The van der Waals surface area contributed by atoms with Crippen molar-refractivity contribution in [3.05, 3.63) is 119 Å². The summed E-state index contributed by atoms with van der Waals surface area (Å²) in [6, 6.07) is 33.4. The van der Waals surface area contributed by atoms with Gasteiger partial charge in [0.2, 0.25) is 0 Å². The largest absolute Gasteiger partial charge is 0.244 e. The lowest BCUT2D eigenvalue weighted by molar-refractivity contribution is 0.656. The van der Waals surface area contributed by atoms with E-state index in [1.54, 1.807) is 0 Å². The van der Waals surface area contributed by atoms with Gasteiger partial charge in [-0.15, -0.1) is 5.10 Å². The molecule has 0 saturated carbocycles. The molecule has 0 aliphatic carbocycles. The van der Waals surface area contributed by atoms with Gasteiger partial charge in [0.15, 0.2) is 0 Å². The van der Waals surface area contributed by atoms with Crippen LogP contribution in [0.5, 0.6) is 0 Å². The molecule has 6 rings (SSSR count). The molecule has 7 heteroatoms. The lowest BCUT2D eigenvalue weighted by atomic mass is 10.0. The van der Waals surface area contributed by atoms with E-state index in [-0.39, 0.29) is 0 Å². The molecule has 0 bridgehead atoms. The van der Waals surface area contributed by atoms with Gasteiger partial charge in [0, 0.05) is 26.7 Å². The molecule has 6 aromatic rings. The minimum Gasteiger partial charge on any atom is -0.244 e. The van der Waals surface area contributed by atoms with Crippen molar-refractivity contribution in [2.24, 2.45) is 0 Å². The quantitative estimate of drug-likeness (QED) is 0.241. The van der Waals surface area contributed by atoms with E-state index in [2.05, 4.69) is 10.3 Å². The van der Waals surface area contributed by atoms with E-state index in [0.29, 0.717) is 28.0 Å². The van der Waals surface area contributed by atoms with Crippen LogP contribution in [-0.2, 0) is 6.54 Å². The lowest BCUT2D eigenvalue weighted by Crippen LogP contribution is -2.06. The van der Waals surface area contributed by atoms with E-state index in [1.165, 1.54) is 0 Å². The van der Waals surface area contributed by atoms with Gasteiger partial charge < -0.3 is 0 Å². The van der Waals surface area contributed by atoms with Crippen molar-refractivity contribution in [1.29, 1.82) is 0 Å². The first-order chi connectivity index (χ1) is 17.7. The monoisotopic (exact) mass is 507 g/mol. The van der Waals surface area contributed by atoms with E-state index in [0.717, 1.165) is 39.1 Å². The summed E-state index contributed by atoms with van der Waals surface area (Å²) in [4.78, 5) is 10.0. The molecular formula is C29H19Cl2N5. The number of benzene rings is 4. The Balaban J connectivity index is 1.61. The molecule has 2 heterocycles. The normalized spacial score (nSPS) is 11.2. The first-order valence-corrected chi connectivity index (χ1v) is 12.2. The molecule has 0 spiro atoms. The van der Waals surface area contributed by atoms with Crippen molar-refractivity contribution in [1.82, 2.24) is 25.0 Å². The summed E-state index contributed by atoms with van der Waals surface area (Å²) in [5.74, 6) is 0. The number of hydrogen-bond donors (Lipinski definition) is 0. The standard InChI is InChI=1S/C29H19Cl2N5/c30-22-14-9-15-23(31)21(22)18-36-29(20-12-5-2-6-13-20)28(34-35-36)27-26(19-10-3-1-4-11-19)32-24-16-7-8-17-25(24)33-27/h1-17H,18H2. The second-order valence-corrected chi connectivity index (χ2v) is 9.10. The molecule has 36 heavy (non-hydrogen) atoms. The van der Waals surface area contributed by atoms with Crippen LogP contribution in [0.1, 0.15) is 5.56 Å². The Morgan fingerprint density at radius 3 is 1.75 bits per heavy atom. The fraction of sp³-hybridized carbons (Fsp3) is 0.0345. The Morgan fingerprint density at radius 2 is 1.11 bits per heavy atom. The van der Waals surface area contributed by atoms with Gasteiger partial charge in [-0.2, -0.15) is 0 Å². The third-order valence-corrected chi connectivity index (χ3v) is 6.70. The third kappa shape index (κ3) is 4.13. The Hall–Kier alpha value is -4.06. The van der Waals surface area contributed by atoms with Crippen LogP contribution in [-0.4, -0.2) is 25.0 Å². The second-order valence-electron chi connectivity index (χ2n) is 8.29. The molecule has 0 fully saturated rings. The zero-order valence-electron chi connectivity index (χ0n) is 19.0. The van der Waals surface area contributed by atoms with Gasteiger partial charge in [0.25, 0.3) is 0 Å². The lowest BCUT2D eigenvalue weighted by Gasteiger charge is -2.13. The van der Waals surface area contributed by atoms with Crippen LogP contribution in [0, 0.1) is 0 Å². The molecule has 174 valence electrons. The average molecular weight is 508 g/mol. The molecule has 2 aromatic heterocycles. The van der Waals surface area contributed by atoms with E-state index >= 15 is 0 Å². The first-order valence-electron chi connectivity index (χ1n) is 11.4. The summed E-state index contributed by atoms with van der Waals surface area (Å²) in [5.41, 5.74) is 7.15. The number of nitrogens with zero attached hydrogens (tertiary/aromatic N) is 5. The fourth-order valence-electron chi connectivity index (χ4n) is 4.26. The third-order valence-electron chi connectivity index (χ3n) is 5.99. The number of para-hydroxylation sites is 2. The summed E-state index contributed by atoms with van der Waals surface area (Å²) in [5, 5.41) is 10.3.